The van der Waals surface area contributed by atoms with Gasteiger partial charge in [-0.05, 0) is 12.3 Å². The summed E-state index contributed by atoms with van der Waals surface area (Å²) in [7, 11) is 0. The maximum Gasteiger partial charge on any atom is 0.326 e. The molecule has 6 nitrogen and oxygen atoms in total. The number of carbonyl (C=O) groups is 3. The van der Waals surface area contributed by atoms with E-state index >= 15 is 0 Å². The molecule has 0 aromatic rings. The summed E-state index contributed by atoms with van der Waals surface area (Å²) in [5.41, 5.74) is 0. The Bertz CT molecular complexity index is 298. The molecule has 1 fully saturated rings. The van der Waals surface area contributed by atoms with Crippen molar-refractivity contribution in [3.8, 4) is 0 Å². The Labute approximate surface area is 93.0 Å². The van der Waals surface area contributed by atoms with Crippen molar-refractivity contribution in [2.45, 2.75) is 32.2 Å². The molecule has 0 spiro atoms. The third-order valence-corrected chi connectivity index (χ3v) is 2.31. The lowest BCUT2D eigenvalue weighted by atomic mass is 10.1. The summed E-state index contributed by atoms with van der Waals surface area (Å²) in [6.07, 6.45) is 2.48. The van der Waals surface area contributed by atoms with Crippen molar-refractivity contribution in [2.24, 2.45) is 5.92 Å². The number of nitrogens with one attached hydrogen (secondary N) is 1. The zero-order chi connectivity index (χ0) is 12.1. The van der Waals surface area contributed by atoms with Crippen molar-refractivity contribution in [2.75, 3.05) is 6.61 Å². The molecular formula is C10H15NO5. The molecular weight excluding hydrogens is 214 g/mol. The van der Waals surface area contributed by atoms with Gasteiger partial charge in [-0.15, -0.1) is 0 Å². The zero-order valence-electron chi connectivity index (χ0n) is 9.06. The number of hydrogen-bond acceptors (Lipinski definition) is 4. The van der Waals surface area contributed by atoms with E-state index in [1.165, 1.54) is 6.92 Å². The molecule has 6 heteroatoms. The summed E-state index contributed by atoms with van der Waals surface area (Å²) in [6.45, 7) is 0.760. The first-order valence-corrected chi connectivity index (χ1v) is 5.14. The molecule has 0 heterocycles. The lowest BCUT2D eigenvalue weighted by molar-refractivity contribution is -0.148. The van der Waals surface area contributed by atoms with Crippen molar-refractivity contribution in [3.63, 3.8) is 0 Å². The van der Waals surface area contributed by atoms with Gasteiger partial charge in [0.1, 0.15) is 6.04 Å². The van der Waals surface area contributed by atoms with Gasteiger partial charge < -0.3 is 15.2 Å². The number of rotatable bonds is 6. The highest BCUT2D eigenvalue weighted by Crippen LogP contribution is 2.33. The Balaban J connectivity index is 2.31. The molecule has 0 bridgehead atoms. The van der Waals surface area contributed by atoms with E-state index in [0.29, 0.717) is 12.3 Å². The monoisotopic (exact) mass is 229 g/mol. The van der Waals surface area contributed by atoms with Crippen LogP contribution in [0.2, 0.25) is 0 Å². The standard InChI is InChI=1S/C10H15NO5/c1-6(12)16-5-9(13)11-8(10(14)15)4-7-2-3-7/h7-8H,2-5H2,1H3,(H,11,13)(H,14,15)/t8-/m1/s1. The molecule has 2 N–H and O–H groups in total. The van der Waals surface area contributed by atoms with Gasteiger partial charge in [-0.25, -0.2) is 4.79 Å². The first-order chi connectivity index (χ1) is 7.49. The predicted molar refractivity (Wildman–Crippen MR) is 53.5 cm³/mol. The Morgan fingerprint density at radius 2 is 2.06 bits per heavy atom. The topological polar surface area (TPSA) is 92.7 Å². The Morgan fingerprint density at radius 1 is 1.44 bits per heavy atom. The second-order valence-corrected chi connectivity index (χ2v) is 3.92. The smallest absolute Gasteiger partial charge is 0.326 e. The molecule has 1 aliphatic carbocycles. The van der Waals surface area contributed by atoms with E-state index in [1.807, 2.05) is 0 Å². The van der Waals surface area contributed by atoms with E-state index in [-0.39, 0.29) is 0 Å². The van der Waals surface area contributed by atoms with Crippen LogP contribution in [0.4, 0.5) is 0 Å². The molecule has 0 aliphatic heterocycles. The molecule has 90 valence electrons. The summed E-state index contributed by atoms with van der Waals surface area (Å²) in [6, 6.07) is -0.879. The van der Waals surface area contributed by atoms with E-state index in [9.17, 15) is 14.4 Å². The molecule has 16 heavy (non-hydrogen) atoms. The van der Waals surface area contributed by atoms with Crippen molar-refractivity contribution >= 4 is 17.8 Å². The molecule has 0 unspecified atom stereocenters. The summed E-state index contributed by atoms with van der Waals surface area (Å²) < 4.78 is 4.46. The number of carbonyl (C=O) groups excluding carboxylic acids is 2. The van der Waals surface area contributed by atoms with E-state index < -0.39 is 30.5 Å². The fourth-order valence-corrected chi connectivity index (χ4v) is 1.31. The molecule has 1 atom stereocenters. The number of hydrogen-bond donors (Lipinski definition) is 2. The zero-order valence-corrected chi connectivity index (χ0v) is 9.06. The molecule has 1 aliphatic rings. The molecule has 0 saturated heterocycles. The van der Waals surface area contributed by atoms with Gasteiger partial charge in [0, 0.05) is 6.92 Å². The van der Waals surface area contributed by atoms with Gasteiger partial charge in [-0.3, -0.25) is 9.59 Å². The highest BCUT2D eigenvalue weighted by atomic mass is 16.5. The molecule has 1 rings (SSSR count). The van der Waals surface area contributed by atoms with Crippen molar-refractivity contribution < 1.29 is 24.2 Å². The van der Waals surface area contributed by atoms with Gasteiger partial charge in [-0.2, -0.15) is 0 Å². The third kappa shape index (κ3) is 4.77. The Hall–Kier alpha value is -1.59. The molecule has 1 saturated carbocycles. The number of amides is 1. The van der Waals surface area contributed by atoms with Crippen molar-refractivity contribution in [1.82, 2.24) is 5.32 Å². The first kappa shape index (κ1) is 12.5. The van der Waals surface area contributed by atoms with Crippen LogP contribution in [0.25, 0.3) is 0 Å². The van der Waals surface area contributed by atoms with Gasteiger partial charge in [0.05, 0.1) is 0 Å². The molecule has 0 aromatic heterocycles. The molecule has 0 aromatic carbocycles. The van der Waals surface area contributed by atoms with E-state index in [0.717, 1.165) is 12.8 Å². The lowest BCUT2D eigenvalue weighted by Crippen LogP contribution is -2.43. The van der Waals surface area contributed by atoms with Crippen LogP contribution >= 0.6 is 0 Å². The lowest BCUT2D eigenvalue weighted by Gasteiger charge is -2.13. The average Bonchev–Trinajstić information content (AvgIpc) is 2.97. The second kappa shape index (κ2) is 5.48. The number of carboxylic acids is 1. The van der Waals surface area contributed by atoms with E-state index in [4.69, 9.17) is 5.11 Å². The largest absolute Gasteiger partial charge is 0.480 e. The van der Waals surface area contributed by atoms with Crippen LogP contribution in [0.3, 0.4) is 0 Å². The summed E-state index contributed by atoms with van der Waals surface area (Å²) >= 11 is 0. The molecule has 0 radical (unpaired) electrons. The third-order valence-electron chi connectivity index (χ3n) is 2.31. The Kier molecular flexibility index (Phi) is 4.28. The minimum Gasteiger partial charge on any atom is -0.480 e. The minimum atomic E-state index is -1.05. The number of esters is 1. The summed E-state index contributed by atoms with van der Waals surface area (Å²) in [4.78, 5) is 32.5. The fraction of sp³-hybridized carbons (Fsp3) is 0.700. The van der Waals surface area contributed by atoms with Gasteiger partial charge in [0.2, 0.25) is 0 Å². The van der Waals surface area contributed by atoms with Gasteiger partial charge >= 0.3 is 11.9 Å². The van der Waals surface area contributed by atoms with Gasteiger partial charge in [0.15, 0.2) is 6.61 Å². The van der Waals surface area contributed by atoms with Crippen LogP contribution in [0.1, 0.15) is 26.2 Å². The van der Waals surface area contributed by atoms with Crippen LogP contribution in [0.15, 0.2) is 0 Å². The minimum absolute atomic E-state index is 0.398. The van der Waals surface area contributed by atoms with E-state index in [1.54, 1.807) is 0 Å². The fourth-order valence-electron chi connectivity index (χ4n) is 1.31. The SMILES string of the molecule is CC(=O)OCC(=O)N[C@H](CC1CC1)C(=O)O. The highest BCUT2D eigenvalue weighted by Gasteiger charge is 2.30. The summed E-state index contributed by atoms with van der Waals surface area (Å²) in [5, 5.41) is 11.2. The van der Waals surface area contributed by atoms with Gasteiger partial charge in [-0.1, -0.05) is 12.8 Å². The first-order valence-electron chi connectivity index (χ1n) is 5.14. The van der Waals surface area contributed by atoms with Crippen LogP contribution in [-0.2, 0) is 19.1 Å². The summed E-state index contributed by atoms with van der Waals surface area (Å²) in [5.74, 6) is -1.80. The van der Waals surface area contributed by atoms with E-state index in [2.05, 4.69) is 10.1 Å². The van der Waals surface area contributed by atoms with Crippen molar-refractivity contribution in [1.29, 1.82) is 0 Å². The maximum absolute atomic E-state index is 11.2. The number of aliphatic carboxylic acids is 1. The molecule has 1 amide bonds. The quantitative estimate of drug-likeness (QED) is 0.621. The number of ether oxygens (including phenoxy) is 1. The van der Waals surface area contributed by atoms with Crippen LogP contribution in [0.5, 0.6) is 0 Å². The highest BCUT2D eigenvalue weighted by molar-refractivity contribution is 5.85. The average molecular weight is 229 g/mol. The Morgan fingerprint density at radius 3 is 2.50 bits per heavy atom. The second-order valence-electron chi connectivity index (χ2n) is 3.92. The van der Waals surface area contributed by atoms with Crippen LogP contribution < -0.4 is 5.32 Å². The van der Waals surface area contributed by atoms with Crippen LogP contribution in [-0.4, -0.2) is 35.6 Å². The predicted octanol–water partition coefficient (Wildman–Crippen LogP) is -0.0810. The van der Waals surface area contributed by atoms with Gasteiger partial charge in [0.25, 0.3) is 5.91 Å². The maximum atomic E-state index is 11.2. The van der Waals surface area contributed by atoms with Crippen molar-refractivity contribution in [3.05, 3.63) is 0 Å². The number of carboxylic acid groups (broad SMARTS) is 1. The van der Waals surface area contributed by atoms with Crippen LogP contribution in [0, 0.1) is 5.92 Å². The normalized spacial score (nSPS) is 16.3.